The maximum absolute atomic E-state index is 11.5. The minimum Gasteiger partial charge on any atom is -0.370 e. The highest BCUT2D eigenvalue weighted by molar-refractivity contribution is 7.91. The van der Waals surface area contributed by atoms with Crippen molar-refractivity contribution in [2.24, 2.45) is 5.73 Å². The summed E-state index contributed by atoms with van der Waals surface area (Å²) in [4.78, 5) is 10.4. The summed E-state index contributed by atoms with van der Waals surface area (Å²) < 4.78 is 23.0. The number of sulfone groups is 1. The highest BCUT2D eigenvalue weighted by Gasteiger charge is 2.10. The van der Waals surface area contributed by atoms with Crippen LogP contribution in [0.1, 0.15) is 51.9 Å². The molecule has 2 N–H and O–H groups in total. The van der Waals surface area contributed by atoms with Crippen LogP contribution in [-0.2, 0) is 14.6 Å². The van der Waals surface area contributed by atoms with Crippen molar-refractivity contribution in [3.63, 3.8) is 0 Å². The molecule has 1 amide bonds. The highest BCUT2D eigenvalue weighted by atomic mass is 32.2. The molecule has 0 aliphatic heterocycles. The molecule has 0 bridgehead atoms. The molecule has 0 rings (SSSR count). The van der Waals surface area contributed by atoms with Crippen molar-refractivity contribution >= 4 is 15.7 Å². The smallest absolute Gasteiger partial charge is 0.217 e. The van der Waals surface area contributed by atoms with Gasteiger partial charge >= 0.3 is 0 Å². The van der Waals surface area contributed by atoms with Crippen molar-refractivity contribution in [3.05, 3.63) is 0 Å². The summed E-state index contributed by atoms with van der Waals surface area (Å²) >= 11 is 0. The molecule has 96 valence electrons. The summed E-state index contributed by atoms with van der Waals surface area (Å²) in [6.07, 6.45) is 5.66. The number of carbonyl (C=O) groups is 1. The third-order valence-electron chi connectivity index (χ3n) is 2.44. The number of nitrogens with two attached hydrogens (primary N) is 1. The van der Waals surface area contributed by atoms with Gasteiger partial charge in [0, 0.05) is 6.42 Å². The molecule has 0 aromatic heterocycles. The van der Waals surface area contributed by atoms with Crippen molar-refractivity contribution < 1.29 is 13.2 Å². The van der Waals surface area contributed by atoms with Gasteiger partial charge in [0.05, 0.1) is 11.5 Å². The number of unbranched alkanes of at least 4 members (excludes halogenated alkanes) is 4. The Kier molecular flexibility index (Phi) is 8.25. The van der Waals surface area contributed by atoms with Crippen molar-refractivity contribution in [2.75, 3.05) is 11.5 Å². The van der Waals surface area contributed by atoms with Crippen molar-refractivity contribution in [1.29, 1.82) is 0 Å². The Morgan fingerprint density at radius 1 is 1.00 bits per heavy atom. The minimum atomic E-state index is -2.97. The van der Waals surface area contributed by atoms with Crippen LogP contribution in [0.2, 0.25) is 0 Å². The Balaban J connectivity index is 3.58. The number of hydrogen-bond acceptors (Lipinski definition) is 3. The molecule has 0 atom stereocenters. The lowest BCUT2D eigenvalue weighted by atomic mass is 10.2. The van der Waals surface area contributed by atoms with E-state index >= 15 is 0 Å². The van der Waals surface area contributed by atoms with Crippen LogP contribution in [-0.4, -0.2) is 25.8 Å². The normalized spacial score (nSPS) is 11.6. The van der Waals surface area contributed by atoms with Crippen LogP contribution >= 0.6 is 0 Å². The summed E-state index contributed by atoms with van der Waals surface area (Å²) in [6.45, 7) is 2.13. The van der Waals surface area contributed by atoms with E-state index in [0.717, 1.165) is 25.7 Å². The molecule has 4 nitrogen and oxygen atoms in total. The fourth-order valence-electron chi connectivity index (χ4n) is 1.49. The Hall–Kier alpha value is -0.580. The number of hydrogen-bond donors (Lipinski definition) is 1. The second kappa shape index (κ2) is 8.56. The average Bonchev–Trinajstić information content (AvgIpc) is 2.16. The second-order valence-corrected chi connectivity index (χ2v) is 6.44. The molecule has 0 heterocycles. The number of rotatable bonds is 10. The molecular formula is C11H23NO3S. The zero-order valence-corrected chi connectivity index (χ0v) is 10.9. The molecule has 0 saturated heterocycles. The lowest BCUT2D eigenvalue weighted by Gasteiger charge is -2.03. The van der Waals surface area contributed by atoms with Crippen LogP contribution in [0.15, 0.2) is 0 Å². The van der Waals surface area contributed by atoms with Gasteiger partial charge in [0.2, 0.25) is 5.91 Å². The largest absolute Gasteiger partial charge is 0.370 e. The van der Waals surface area contributed by atoms with Gasteiger partial charge in [-0.15, -0.1) is 0 Å². The molecule has 5 heteroatoms. The molecule has 0 radical (unpaired) electrons. The van der Waals surface area contributed by atoms with Gasteiger partial charge in [-0.25, -0.2) is 8.42 Å². The first-order valence-electron chi connectivity index (χ1n) is 5.96. The molecule has 0 aliphatic rings. The predicted octanol–water partition coefficient (Wildman–Crippen LogP) is 1.64. The zero-order valence-electron chi connectivity index (χ0n) is 10.1. The van der Waals surface area contributed by atoms with Crippen molar-refractivity contribution in [3.8, 4) is 0 Å². The first kappa shape index (κ1) is 15.4. The Morgan fingerprint density at radius 3 is 2.12 bits per heavy atom. The van der Waals surface area contributed by atoms with Crippen LogP contribution in [0.5, 0.6) is 0 Å². The first-order chi connectivity index (χ1) is 7.48. The van der Waals surface area contributed by atoms with Gasteiger partial charge in [0.25, 0.3) is 0 Å². The van der Waals surface area contributed by atoms with Crippen LogP contribution in [0.4, 0.5) is 0 Å². The van der Waals surface area contributed by atoms with Gasteiger partial charge < -0.3 is 5.73 Å². The summed E-state index contributed by atoms with van der Waals surface area (Å²) in [5.74, 6) is -0.0997. The topological polar surface area (TPSA) is 77.2 Å². The Labute approximate surface area is 98.5 Å². The number of carbonyl (C=O) groups excluding carboxylic acids is 1. The Bertz CT molecular complexity index is 286. The lowest BCUT2D eigenvalue weighted by molar-refractivity contribution is -0.118. The standard InChI is InChI=1S/C11H23NO3S/c1-2-3-4-5-6-9-16(14,15)10-7-8-11(12)13/h2-10H2,1H3,(H2,12,13). The predicted molar refractivity (Wildman–Crippen MR) is 65.8 cm³/mol. The summed E-state index contributed by atoms with van der Waals surface area (Å²) in [6, 6.07) is 0. The molecule has 0 aliphatic carbocycles. The minimum absolute atomic E-state index is 0.0870. The van der Waals surface area contributed by atoms with Crippen LogP contribution in [0.25, 0.3) is 0 Å². The van der Waals surface area contributed by atoms with E-state index in [1.807, 2.05) is 0 Å². The van der Waals surface area contributed by atoms with E-state index in [4.69, 9.17) is 5.73 Å². The summed E-state index contributed by atoms with van der Waals surface area (Å²) in [7, 11) is -2.97. The van der Waals surface area contributed by atoms with Crippen LogP contribution in [0.3, 0.4) is 0 Å². The van der Waals surface area contributed by atoms with Crippen molar-refractivity contribution in [2.45, 2.75) is 51.9 Å². The van der Waals surface area contributed by atoms with E-state index in [1.165, 1.54) is 6.42 Å². The van der Waals surface area contributed by atoms with Gasteiger partial charge in [-0.3, -0.25) is 4.79 Å². The fourth-order valence-corrected chi connectivity index (χ4v) is 2.93. The number of primary amides is 1. The molecule has 0 spiro atoms. The van der Waals surface area contributed by atoms with E-state index in [9.17, 15) is 13.2 Å². The highest BCUT2D eigenvalue weighted by Crippen LogP contribution is 2.06. The van der Waals surface area contributed by atoms with E-state index in [1.54, 1.807) is 0 Å². The van der Waals surface area contributed by atoms with E-state index in [2.05, 4.69) is 6.92 Å². The molecular weight excluding hydrogens is 226 g/mol. The van der Waals surface area contributed by atoms with Gasteiger partial charge in [-0.05, 0) is 12.8 Å². The second-order valence-electron chi connectivity index (χ2n) is 4.14. The first-order valence-corrected chi connectivity index (χ1v) is 7.79. The lowest BCUT2D eigenvalue weighted by Crippen LogP contribution is -2.15. The molecule has 0 unspecified atom stereocenters. The average molecular weight is 249 g/mol. The van der Waals surface area contributed by atoms with Crippen LogP contribution in [0, 0.1) is 0 Å². The van der Waals surface area contributed by atoms with Gasteiger partial charge in [0.15, 0.2) is 0 Å². The third-order valence-corrected chi connectivity index (χ3v) is 4.26. The van der Waals surface area contributed by atoms with E-state index < -0.39 is 15.7 Å². The van der Waals surface area contributed by atoms with Crippen molar-refractivity contribution in [1.82, 2.24) is 0 Å². The quantitative estimate of drug-likeness (QED) is 0.598. The maximum atomic E-state index is 11.5. The SMILES string of the molecule is CCCCCCCS(=O)(=O)CCCC(N)=O. The van der Waals surface area contributed by atoms with Gasteiger partial charge in [-0.1, -0.05) is 32.6 Å². The van der Waals surface area contributed by atoms with E-state index in [0.29, 0.717) is 6.42 Å². The Morgan fingerprint density at radius 2 is 1.56 bits per heavy atom. The third kappa shape index (κ3) is 9.96. The molecule has 0 aromatic carbocycles. The van der Waals surface area contributed by atoms with Gasteiger partial charge in [0.1, 0.15) is 9.84 Å². The number of amides is 1. The fraction of sp³-hybridized carbons (Fsp3) is 0.909. The van der Waals surface area contributed by atoms with Crippen LogP contribution < -0.4 is 5.73 Å². The summed E-state index contributed by atoms with van der Waals surface area (Å²) in [5, 5.41) is 0. The van der Waals surface area contributed by atoms with E-state index in [-0.39, 0.29) is 17.9 Å². The molecule has 0 aromatic rings. The molecule has 0 saturated carbocycles. The maximum Gasteiger partial charge on any atom is 0.217 e. The summed E-state index contributed by atoms with van der Waals surface area (Å²) in [5.41, 5.74) is 4.94. The zero-order chi connectivity index (χ0) is 12.4. The monoisotopic (exact) mass is 249 g/mol. The van der Waals surface area contributed by atoms with Gasteiger partial charge in [-0.2, -0.15) is 0 Å². The molecule has 0 fully saturated rings. The molecule has 16 heavy (non-hydrogen) atoms.